The molecule has 1 aliphatic heterocycles. The lowest BCUT2D eigenvalue weighted by Gasteiger charge is -2.33. The number of nitrogens with zero attached hydrogens (tertiary/aromatic N) is 2. The summed E-state index contributed by atoms with van der Waals surface area (Å²) in [5, 5.41) is 0.699. The van der Waals surface area contributed by atoms with Crippen LogP contribution in [0.15, 0.2) is 12.3 Å². The molecule has 1 saturated heterocycles. The zero-order valence-corrected chi connectivity index (χ0v) is 11.5. The Morgan fingerprint density at radius 2 is 2.22 bits per heavy atom. The topological polar surface area (TPSA) is 51.4 Å². The predicted molar refractivity (Wildman–Crippen MR) is 74.0 cm³/mol. The lowest BCUT2D eigenvalue weighted by Crippen LogP contribution is -2.35. The number of rotatable bonds is 4. The molecule has 0 unspecified atom stereocenters. The molecule has 2 N–H and O–H groups in total. The lowest BCUT2D eigenvalue weighted by molar-refractivity contribution is 0.139. The fourth-order valence-electron chi connectivity index (χ4n) is 2.40. The molecule has 2 rings (SSSR count). The standard InChI is InChI=1S/C13H20ClN3O/c1-18-9-10-3-6-17(7-4-10)13-12(14)11(8-15)2-5-16-13/h2,5,10H,3-4,6-9,15H2,1H3. The Bertz CT molecular complexity index is 392. The Hall–Kier alpha value is -0.840. The van der Waals surface area contributed by atoms with Crippen LogP contribution >= 0.6 is 11.6 Å². The molecule has 1 aliphatic rings. The normalized spacial score (nSPS) is 17.2. The van der Waals surface area contributed by atoms with E-state index in [-0.39, 0.29) is 0 Å². The van der Waals surface area contributed by atoms with Gasteiger partial charge in [-0.1, -0.05) is 11.6 Å². The number of hydrogen-bond donors (Lipinski definition) is 1. The van der Waals surface area contributed by atoms with Crippen molar-refractivity contribution in [3.05, 3.63) is 22.8 Å². The van der Waals surface area contributed by atoms with E-state index in [4.69, 9.17) is 22.1 Å². The van der Waals surface area contributed by atoms with E-state index in [0.717, 1.165) is 43.9 Å². The number of pyridine rings is 1. The zero-order valence-electron chi connectivity index (χ0n) is 10.7. The van der Waals surface area contributed by atoms with Gasteiger partial charge in [0.25, 0.3) is 0 Å². The molecule has 0 radical (unpaired) electrons. The Labute approximate surface area is 113 Å². The van der Waals surface area contributed by atoms with Crippen molar-refractivity contribution in [2.45, 2.75) is 19.4 Å². The second-order valence-electron chi connectivity index (χ2n) is 4.70. The molecular weight excluding hydrogens is 250 g/mol. The van der Waals surface area contributed by atoms with Gasteiger partial charge in [0.05, 0.1) is 5.02 Å². The van der Waals surface area contributed by atoms with Crippen molar-refractivity contribution in [2.75, 3.05) is 31.7 Å². The quantitative estimate of drug-likeness (QED) is 0.909. The smallest absolute Gasteiger partial charge is 0.147 e. The number of anilines is 1. The first-order valence-corrected chi connectivity index (χ1v) is 6.71. The molecule has 0 spiro atoms. The molecule has 18 heavy (non-hydrogen) atoms. The second-order valence-corrected chi connectivity index (χ2v) is 5.08. The van der Waals surface area contributed by atoms with Crippen molar-refractivity contribution in [2.24, 2.45) is 11.7 Å². The summed E-state index contributed by atoms with van der Waals surface area (Å²) in [5.74, 6) is 1.53. The maximum atomic E-state index is 6.33. The first-order chi connectivity index (χ1) is 8.76. The van der Waals surface area contributed by atoms with Gasteiger partial charge in [0.2, 0.25) is 0 Å². The Morgan fingerprint density at radius 3 is 2.83 bits per heavy atom. The largest absolute Gasteiger partial charge is 0.384 e. The molecule has 0 aromatic carbocycles. The average Bonchev–Trinajstić information content (AvgIpc) is 2.41. The van der Waals surface area contributed by atoms with Crippen molar-refractivity contribution in [3.63, 3.8) is 0 Å². The molecule has 0 bridgehead atoms. The van der Waals surface area contributed by atoms with E-state index in [9.17, 15) is 0 Å². The number of halogens is 1. The first-order valence-electron chi connectivity index (χ1n) is 6.33. The van der Waals surface area contributed by atoms with Crippen LogP contribution in [0.5, 0.6) is 0 Å². The van der Waals surface area contributed by atoms with Crippen LogP contribution in [-0.4, -0.2) is 31.8 Å². The minimum Gasteiger partial charge on any atom is -0.384 e. The highest BCUT2D eigenvalue weighted by Crippen LogP contribution is 2.30. The van der Waals surface area contributed by atoms with Gasteiger partial charge >= 0.3 is 0 Å². The number of ether oxygens (including phenoxy) is 1. The molecule has 0 amide bonds. The molecule has 0 atom stereocenters. The van der Waals surface area contributed by atoms with Crippen LogP contribution in [-0.2, 0) is 11.3 Å². The van der Waals surface area contributed by atoms with Crippen molar-refractivity contribution in [1.29, 1.82) is 0 Å². The number of aromatic nitrogens is 1. The van der Waals surface area contributed by atoms with E-state index >= 15 is 0 Å². The summed E-state index contributed by atoms with van der Waals surface area (Å²) in [7, 11) is 1.76. The summed E-state index contributed by atoms with van der Waals surface area (Å²) in [4.78, 5) is 6.63. The van der Waals surface area contributed by atoms with Gasteiger partial charge in [-0.15, -0.1) is 0 Å². The Kier molecular flexibility index (Phi) is 4.80. The third-order valence-electron chi connectivity index (χ3n) is 3.49. The van der Waals surface area contributed by atoms with Gasteiger partial charge in [0.1, 0.15) is 5.82 Å². The molecule has 0 aliphatic carbocycles. The monoisotopic (exact) mass is 269 g/mol. The van der Waals surface area contributed by atoms with Crippen LogP contribution in [0.25, 0.3) is 0 Å². The SMILES string of the molecule is COCC1CCN(c2nccc(CN)c2Cl)CC1. The van der Waals surface area contributed by atoms with Crippen LogP contribution < -0.4 is 10.6 Å². The fraction of sp³-hybridized carbons (Fsp3) is 0.615. The van der Waals surface area contributed by atoms with Crippen molar-refractivity contribution in [3.8, 4) is 0 Å². The summed E-state index contributed by atoms with van der Waals surface area (Å²) in [6.45, 7) is 3.26. The van der Waals surface area contributed by atoms with Crippen LogP contribution in [0.3, 0.4) is 0 Å². The highest BCUT2D eigenvalue weighted by atomic mass is 35.5. The predicted octanol–water partition coefficient (Wildman–Crippen LogP) is 2.06. The molecule has 2 heterocycles. The molecule has 5 heteroatoms. The third kappa shape index (κ3) is 2.94. The summed E-state index contributed by atoms with van der Waals surface area (Å²) >= 11 is 6.33. The number of piperidine rings is 1. The first kappa shape index (κ1) is 13.6. The van der Waals surface area contributed by atoms with E-state index in [2.05, 4.69) is 9.88 Å². The van der Waals surface area contributed by atoms with Crippen LogP contribution in [0, 0.1) is 5.92 Å². The summed E-state index contributed by atoms with van der Waals surface area (Å²) in [6.07, 6.45) is 4.03. The molecule has 1 fully saturated rings. The molecule has 0 saturated carbocycles. The maximum Gasteiger partial charge on any atom is 0.147 e. The highest BCUT2D eigenvalue weighted by Gasteiger charge is 2.22. The fourth-order valence-corrected chi connectivity index (χ4v) is 2.70. The highest BCUT2D eigenvalue weighted by molar-refractivity contribution is 6.33. The number of methoxy groups -OCH3 is 1. The molecule has 100 valence electrons. The second kappa shape index (κ2) is 6.36. The van der Waals surface area contributed by atoms with Crippen LogP contribution in [0.2, 0.25) is 5.02 Å². The molecular formula is C13H20ClN3O. The summed E-state index contributed by atoms with van der Waals surface area (Å²) in [5.41, 5.74) is 6.62. The van der Waals surface area contributed by atoms with Gasteiger partial charge in [0.15, 0.2) is 0 Å². The lowest BCUT2D eigenvalue weighted by atomic mass is 9.98. The van der Waals surface area contributed by atoms with Crippen molar-refractivity contribution < 1.29 is 4.74 Å². The Balaban J connectivity index is 2.05. The van der Waals surface area contributed by atoms with Gasteiger partial charge in [-0.05, 0) is 30.4 Å². The van der Waals surface area contributed by atoms with Gasteiger partial charge < -0.3 is 15.4 Å². The third-order valence-corrected chi connectivity index (χ3v) is 3.90. The van der Waals surface area contributed by atoms with Gasteiger partial charge in [-0.2, -0.15) is 0 Å². The van der Waals surface area contributed by atoms with Crippen molar-refractivity contribution >= 4 is 17.4 Å². The minimum absolute atomic E-state index is 0.453. The summed E-state index contributed by atoms with van der Waals surface area (Å²) in [6, 6.07) is 1.88. The van der Waals surface area contributed by atoms with Gasteiger partial charge in [0, 0.05) is 39.5 Å². The minimum atomic E-state index is 0.453. The van der Waals surface area contributed by atoms with Gasteiger partial charge in [-0.3, -0.25) is 0 Å². The van der Waals surface area contributed by atoms with E-state index in [1.54, 1.807) is 13.3 Å². The number of nitrogens with two attached hydrogens (primary N) is 1. The number of hydrogen-bond acceptors (Lipinski definition) is 4. The molecule has 4 nitrogen and oxygen atoms in total. The summed E-state index contributed by atoms with van der Waals surface area (Å²) < 4.78 is 5.21. The van der Waals surface area contributed by atoms with Crippen LogP contribution in [0.4, 0.5) is 5.82 Å². The van der Waals surface area contributed by atoms with E-state index < -0.39 is 0 Å². The van der Waals surface area contributed by atoms with Gasteiger partial charge in [-0.25, -0.2) is 4.98 Å². The van der Waals surface area contributed by atoms with E-state index in [1.807, 2.05) is 6.07 Å². The zero-order chi connectivity index (χ0) is 13.0. The van der Waals surface area contributed by atoms with E-state index in [0.29, 0.717) is 17.5 Å². The Morgan fingerprint density at radius 1 is 1.50 bits per heavy atom. The molecule has 1 aromatic heterocycles. The maximum absolute atomic E-state index is 6.33. The van der Waals surface area contributed by atoms with Crippen LogP contribution in [0.1, 0.15) is 18.4 Å². The average molecular weight is 270 g/mol. The molecule has 1 aromatic rings. The van der Waals surface area contributed by atoms with E-state index in [1.165, 1.54) is 0 Å². The van der Waals surface area contributed by atoms with Crippen molar-refractivity contribution in [1.82, 2.24) is 4.98 Å².